The van der Waals surface area contributed by atoms with Gasteiger partial charge in [-0.3, -0.25) is 4.79 Å². The number of hydrogen-bond acceptors (Lipinski definition) is 3. The van der Waals surface area contributed by atoms with Crippen LogP contribution in [0.25, 0.3) is 0 Å². The van der Waals surface area contributed by atoms with E-state index < -0.39 is 10.0 Å². The van der Waals surface area contributed by atoms with Crippen LogP contribution in [0.15, 0.2) is 24.3 Å². The maximum atomic E-state index is 11.8. The summed E-state index contributed by atoms with van der Waals surface area (Å²) in [5.41, 5.74) is 0.568. The molecule has 1 aromatic carbocycles. The zero-order valence-corrected chi connectivity index (χ0v) is 12.2. The predicted octanol–water partition coefficient (Wildman–Crippen LogP) is 1.29. The first-order chi connectivity index (χ1) is 8.91. The number of rotatable bonds is 7. The standard InChI is InChI=1S/C12H17ClN2O3S/c1-10(16)14-7-4-8-15-19(17,18)9-11-5-2-3-6-12(11)13/h2-3,5-6,15H,4,7-9H2,1H3,(H,14,16). The van der Waals surface area contributed by atoms with Crippen molar-refractivity contribution in [2.45, 2.75) is 19.1 Å². The molecule has 0 aromatic heterocycles. The molecule has 0 aliphatic rings. The Morgan fingerprint density at radius 3 is 2.58 bits per heavy atom. The smallest absolute Gasteiger partial charge is 0.216 e. The van der Waals surface area contributed by atoms with Crippen molar-refractivity contribution in [1.82, 2.24) is 10.0 Å². The van der Waals surface area contributed by atoms with Crippen LogP contribution in [0.4, 0.5) is 0 Å². The fourth-order valence-corrected chi connectivity index (χ4v) is 2.95. The zero-order chi connectivity index (χ0) is 14.3. The summed E-state index contributed by atoms with van der Waals surface area (Å²) in [5.74, 6) is -0.272. The summed E-state index contributed by atoms with van der Waals surface area (Å²) >= 11 is 5.91. The Balaban J connectivity index is 2.40. The molecular formula is C12H17ClN2O3S. The number of carbonyl (C=O) groups is 1. The van der Waals surface area contributed by atoms with Gasteiger partial charge in [0.05, 0.1) is 5.75 Å². The molecule has 0 saturated heterocycles. The largest absolute Gasteiger partial charge is 0.356 e. The first-order valence-electron chi connectivity index (χ1n) is 5.86. The van der Waals surface area contributed by atoms with Gasteiger partial charge in [-0.05, 0) is 18.1 Å². The molecule has 0 bridgehead atoms. The summed E-state index contributed by atoms with van der Waals surface area (Å²) in [6, 6.07) is 6.83. The Bertz CT molecular complexity index is 532. The maximum Gasteiger partial charge on any atom is 0.216 e. The second kappa shape index (κ2) is 7.47. The van der Waals surface area contributed by atoms with Crippen molar-refractivity contribution in [3.8, 4) is 0 Å². The molecule has 1 rings (SSSR count). The molecule has 19 heavy (non-hydrogen) atoms. The maximum absolute atomic E-state index is 11.8. The van der Waals surface area contributed by atoms with Crippen LogP contribution in [0.5, 0.6) is 0 Å². The predicted molar refractivity (Wildman–Crippen MR) is 75.4 cm³/mol. The van der Waals surface area contributed by atoms with E-state index >= 15 is 0 Å². The van der Waals surface area contributed by atoms with E-state index in [9.17, 15) is 13.2 Å². The second-order valence-electron chi connectivity index (χ2n) is 4.08. The summed E-state index contributed by atoms with van der Waals surface area (Å²) in [4.78, 5) is 10.6. The molecule has 0 heterocycles. The van der Waals surface area contributed by atoms with Gasteiger partial charge in [0.1, 0.15) is 0 Å². The van der Waals surface area contributed by atoms with Crippen LogP contribution in [0.1, 0.15) is 18.9 Å². The highest BCUT2D eigenvalue weighted by molar-refractivity contribution is 7.88. The lowest BCUT2D eigenvalue weighted by molar-refractivity contribution is -0.118. The van der Waals surface area contributed by atoms with Gasteiger partial charge in [-0.2, -0.15) is 0 Å². The fourth-order valence-electron chi connectivity index (χ4n) is 1.45. The third-order valence-corrected chi connectivity index (χ3v) is 4.06. The average molecular weight is 305 g/mol. The molecule has 1 aromatic rings. The second-order valence-corrected chi connectivity index (χ2v) is 6.30. The number of sulfonamides is 1. The van der Waals surface area contributed by atoms with Gasteiger partial charge in [0.15, 0.2) is 0 Å². The number of carbonyl (C=O) groups excluding carboxylic acids is 1. The van der Waals surface area contributed by atoms with E-state index in [0.717, 1.165) is 0 Å². The van der Waals surface area contributed by atoms with Crippen LogP contribution in [-0.2, 0) is 20.6 Å². The Labute approximate surface area is 118 Å². The minimum atomic E-state index is -3.40. The molecule has 0 saturated carbocycles. The summed E-state index contributed by atoms with van der Waals surface area (Å²) in [7, 11) is -3.40. The Hall–Kier alpha value is -1.11. The lowest BCUT2D eigenvalue weighted by atomic mass is 10.2. The van der Waals surface area contributed by atoms with Gasteiger partial charge in [0.25, 0.3) is 0 Å². The number of hydrogen-bond donors (Lipinski definition) is 2. The van der Waals surface area contributed by atoms with Crippen molar-refractivity contribution in [2.24, 2.45) is 0 Å². The van der Waals surface area contributed by atoms with E-state index in [1.165, 1.54) is 6.92 Å². The summed E-state index contributed by atoms with van der Waals surface area (Å²) in [6.07, 6.45) is 0.543. The van der Waals surface area contributed by atoms with Crippen molar-refractivity contribution in [1.29, 1.82) is 0 Å². The highest BCUT2D eigenvalue weighted by Crippen LogP contribution is 2.16. The van der Waals surface area contributed by atoms with Gasteiger partial charge in [0.2, 0.25) is 15.9 Å². The van der Waals surface area contributed by atoms with Crippen LogP contribution in [0, 0.1) is 0 Å². The molecule has 0 atom stereocenters. The minimum absolute atomic E-state index is 0.126. The van der Waals surface area contributed by atoms with E-state index in [4.69, 9.17) is 11.6 Å². The molecule has 5 nitrogen and oxygen atoms in total. The van der Waals surface area contributed by atoms with Crippen molar-refractivity contribution in [3.63, 3.8) is 0 Å². The third-order valence-electron chi connectivity index (χ3n) is 2.35. The molecule has 0 radical (unpaired) electrons. The molecule has 0 unspecified atom stereocenters. The third kappa shape index (κ3) is 6.56. The zero-order valence-electron chi connectivity index (χ0n) is 10.6. The van der Waals surface area contributed by atoms with Gasteiger partial charge in [-0.15, -0.1) is 0 Å². The first kappa shape index (κ1) is 15.9. The average Bonchev–Trinajstić information content (AvgIpc) is 2.31. The molecule has 2 N–H and O–H groups in total. The molecule has 0 aliphatic heterocycles. The number of benzene rings is 1. The van der Waals surface area contributed by atoms with Crippen LogP contribution in [0.2, 0.25) is 5.02 Å². The van der Waals surface area contributed by atoms with Gasteiger partial charge in [-0.1, -0.05) is 29.8 Å². The van der Waals surface area contributed by atoms with Crippen molar-refractivity contribution < 1.29 is 13.2 Å². The molecule has 0 spiro atoms. The van der Waals surface area contributed by atoms with Crippen molar-refractivity contribution >= 4 is 27.5 Å². The van der Waals surface area contributed by atoms with E-state index in [0.29, 0.717) is 23.6 Å². The number of halogens is 1. The molecule has 0 aliphatic carbocycles. The Kier molecular flexibility index (Phi) is 6.27. The van der Waals surface area contributed by atoms with E-state index in [2.05, 4.69) is 10.0 Å². The normalized spacial score (nSPS) is 11.3. The number of amides is 1. The van der Waals surface area contributed by atoms with Gasteiger partial charge in [-0.25, -0.2) is 13.1 Å². The van der Waals surface area contributed by atoms with Crippen LogP contribution >= 0.6 is 11.6 Å². The van der Waals surface area contributed by atoms with E-state index in [-0.39, 0.29) is 18.2 Å². The highest BCUT2D eigenvalue weighted by Gasteiger charge is 2.12. The Morgan fingerprint density at radius 2 is 1.95 bits per heavy atom. The fraction of sp³-hybridized carbons (Fsp3) is 0.417. The molecular weight excluding hydrogens is 288 g/mol. The molecule has 1 amide bonds. The van der Waals surface area contributed by atoms with Gasteiger partial charge >= 0.3 is 0 Å². The lowest BCUT2D eigenvalue weighted by Gasteiger charge is -2.08. The minimum Gasteiger partial charge on any atom is -0.356 e. The van der Waals surface area contributed by atoms with Crippen LogP contribution in [0.3, 0.4) is 0 Å². The summed E-state index contributed by atoms with van der Waals surface area (Å²) < 4.78 is 26.1. The molecule has 106 valence electrons. The topological polar surface area (TPSA) is 75.3 Å². The molecule has 7 heteroatoms. The lowest BCUT2D eigenvalue weighted by Crippen LogP contribution is -2.29. The summed E-state index contributed by atoms with van der Waals surface area (Å²) in [6.45, 7) is 2.15. The molecule has 0 fully saturated rings. The summed E-state index contributed by atoms with van der Waals surface area (Å²) in [5, 5.41) is 3.03. The van der Waals surface area contributed by atoms with Crippen molar-refractivity contribution in [3.05, 3.63) is 34.9 Å². The van der Waals surface area contributed by atoms with E-state index in [1.807, 2.05) is 0 Å². The van der Waals surface area contributed by atoms with E-state index in [1.54, 1.807) is 24.3 Å². The first-order valence-corrected chi connectivity index (χ1v) is 7.89. The van der Waals surface area contributed by atoms with Crippen molar-refractivity contribution in [2.75, 3.05) is 13.1 Å². The SMILES string of the molecule is CC(=O)NCCCNS(=O)(=O)Cc1ccccc1Cl. The van der Waals surface area contributed by atoms with Crippen LogP contribution in [-0.4, -0.2) is 27.4 Å². The van der Waals surface area contributed by atoms with Gasteiger partial charge < -0.3 is 5.32 Å². The monoisotopic (exact) mass is 304 g/mol. The Morgan fingerprint density at radius 1 is 1.26 bits per heavy atom. The van der Waals surface area contributed by atoms with Crippen LogP contribution < -0.4 is 10.0 Å². The highest BCUT2D eigenvalue weighted by atomic mass is 35.5. The number of nitrogens with one attached hydrogen (secondary N) is 2. The van der Waals surface area contributed by atoms with Gasteiger partial charge in [0, 0.05) is 25.0 Å². The quantitative estimate of drug-likeness (QED) is 0.745.